The Morgan fingerprint density at radius 1 is 0.500 bits per heavy atom. The van der Waals surface area contributed by atoms with Crippen LogP contribution in [0.25, 0.3) is 11.1 Å². The van der Waals surface area contributed by atoms with E-state index in [4.69, 9.17) is 0 Å². The molecular weight excluding hydrogens is 336 g/mol. The summed E-state index contributed by atoms with van der Waals surface area (Å²) in [6.07, 6.45) is 0. The first kappa shape index (κ1) is 15.7. The number of carbonyl (C=O) groups excluding carboxylic acids is 2. The lowest BCUT2D eigenvalue weighted by molar-refractivity contribution is 0.0974. The van der Waals surface area contributed by atoms with E-state index in [1.165, 1.54) is 24.3 Å². The number of hydrogen-bond donors (Lipinski definition) is 4. The normalized spacial score (nSPS) is 12.6. The van der Waals surface area contributed by atoms with Crippen LogP contribution >= 0.6 is 0 Å². The fourth-order valence-electron chi connectivity index (χ4n) is 3.12. The quantitative estimate of drug-likeness (QED) is 0.310. The molecular formula is C20H12O6. The Bertz CT molecular complexity index is 1110. The first-order valence-electron chi connectivity index (χ1n) is 7.69. The van der Waals surface area contributed by atoms with Crippen LogP contribution in [0.1, 0.15) is 31.8 Å². The first-order valence-corrected chi connectivity index (χ1v) is 7.69. The van der Waals surface area contributed by atoms with Crippen LogP contribution in [0.15, 0.2) is 48.5 Å². The van der Waals surface area contributed by atoms with Crippen molar-refractivity contribution in [3.63, 3.8) is 0 Å². The average Bonchev–Trinajstić information content (AvgIpc) is 2.63. The molecule has 0 radical (unpaired) electrons. The maximum absolute atomic E-state index is 12.8. The zero-order valence-electron chi connectivity index (χ0n) is 13.2. The van der Waals surface area contributed by atoms with Crippen LogP contribution in [0, 0.1) is 0 Å². The van der Waals surface area contributed by atoms with Gasteiger partial charge in [-0.1, -0.05) is 12.1 Å². The number of phenols is 4. The van der Waals surface area contributed by atoms with Crippen LogP contribution in [0.2, 0.25) is 0 Å². The van der Waals surface area contributed by atoms with Crippen molar-refractivity contribution in [3.8, 4) is 34.1 Å². The number of aromatic hydroxyl groups is 4. The Morgan fingerprint density at radius 2 is 1.00 bits per heavy atom. The third-order valence-corrected chi connectivity index (χ3v) is 4.43. The van der Waals surface area contributed by atoms with Crippen LogP contribution in [0.5, 0.6) is 23.0 Å². The van der Waals surface area contributed by atoms with Crippen molar-refractivity contribution in [1.29, 1.82) is 0 Å². The molecule has 4 rings (SSSR count). The van der Waals surface area contributed by atoms with Crippen molar-refractivity contribution in [1.82, 2.24) is 0 Å². The van der Waals surface area contributed by atoms with Gasteiger partial charge < -0.3 is 20.4 Å². The van der Waals surface area contributed by atoms with Crippen molar-refractivity contribution in [2.75, 3.05) is 0 Å². The van der Waals surface area contributed by atoms with Gasteiger partial charge in [0.05, 0.1) is 11.1 Å². The van der Waals surface area contributed by atoms with Gasteiger partial charge in [0.1, 0.15) is 11.5 Å². The van der Waals surface area contributed by atoms with Gasteiger partial charge in [0.15, 0.2) is 23.1 Å². The highest BCUT2D eigenvalue weighted by molar-refractivity contribution is 6.30. The Morgan fingerprint density at radius 3 is 1.62 bits per heavy atom. The molecule has 128 valence electrons. The van der Waals surface area contributed by atoms with Crippen molar-refractivity contribution >= 4 is 11.6 Å². The first-order chi connectivity index (χ1) is 12.4. The monoisotopic (exact) mass is 348 g/mol. The number of rotatable bonds is 1. The minimum Gasteiger partial charge on any atom is -0.507 e. The van der Waals surface area contributed by atoms with Gasteiger partial charge in [-0.2, -0.15) is 0 Å². The largest absolute Gasteiger partial charge is 0.507 e. The van der Waals surface area contributed by atoms with E-state index >= 15 is 0 Å². The number of hydrogen-bond acceptors (Lipinski definition) is 6. The maximum Gasteiger partial charge on any atom is 0.198 e. The number of benzene rings is 3. The van der Waals surface area contributed by atoms with Gasteiger partial charge in [-0.3, -0.25) is 9.59 Å². The van der Waals surface area contributed by atoms with Gasteiger partial charge in [-0.05, 0) is 47.5 Å². The van der Waals surface area contributed by atoms with Crippen molar-refractivity contribution in [2.24, 2.45) is 0 Å². The summed E-state index contributed by atoms with van der Waals surface area (Å²) in [5.74, 6) is -2.46. The summed E-state index contributed by atoms with van der Waals surface area (Å²) >= 11 is 0. The van der Waals surface area contributed by atoms with Gasteiger partial charge >= 0.3 is 0 Å². The summed E-state index contributed by atoms with van der Waals surface area (Å²) in [4.78, 5) is 25.5. The lowest BCUT2D eigenvalue weighted by Gasteiger charge is -2.20. The van der Waals surface area contributed by atoms with Gasteiger partial charge in [-0.15, -0.1) is 0 Å². The second kappa shape index (κ2) is 5.35. The zero-order chi connectivity index (χ0) is 18.6. The van der Waals surface area contributed by atoms with E-state index in [9.17, 15) is 30.0 Å². The molecule has 0 spiro atoms. The van der Waals surface area contributed by atoms with Crippen LogP contribution < -0.4 is 0 Å². The number of phenolic OH excluding ortho intramolecular Hbond substituents is 4. The van der Waals surface area contributed by atoms with Crippen LogP contribution in [0.4, 0.5) is 0 Å². The number of ketones is 2. The van der Waals surface area contributed by atoms with Crippen LogP contribution in [-0.4, -0.2) is 32.0 Å². The molecule has 0 aromatic heterocycles. The fourth-order valence-corrected chi connectivity index (χ4v) is 3.12. The predicted molar refractivity (Wildman–Crippen MR) is 91.8 cm³/mol. The second-order valence-corrected chi connectivity index (χ2v) is 5.98. The summed E-state index contributed by atoms with van der Waals surface area (Å²) in [7, 11) is 0. The Kier molecular flexibility index (Phi) is 3.23. The van der Waals surface area contributed by atoms with E-state index in [-0.39, 0.29) is 45.3 Å². The molecule has 0 heterocycles. The highest BCUT2D eigenvalue weighted by atomic mass is 16.3. The molecule has 1 aliphatic carbocycles. The van der Waals surface area contributed by atoms with E-state index in [0.717, 1.165) is 12.1 Å². The molecule has 3 aromatic rings. The van der Waals surface area contributed by atoms with Crippen molar-refractivity contribution in [3.05, 3.63) is 70.8 Å². The van der Waals surface area contributed by atoms with Gasteiger partial charge in [0.25, 0.3) is 0 Å². The van der Waals surface area contributed by atoms with Crippen LogP contribution in [0.3, 0.4) is 0 Å². The highest BCUT2D eigenvalue weighted by Gasteiger charge is 2.34. The van der Waals surface area contributed by atoms with Crippen molar-refractivity contribution in [2.45, 2.75) is 0 Å². The summed E-state index contributed by atoms with van der Waals surface area (Å²) < 4.78 is 0. The SMILES string of the molecule is O=C1c2ccc(-c3ccc(O)c(O)c3)cc2C(=O)c2c(O)ccc(O)c21. The van der Waals surface area contributed by atoms with Gasteiger partial charge in [0, 0.05) is 11.1 Å². The molecule has 0 saturated carbocycles. The Balaban J connectivity index is 1.91. The third kappa shape index (κ3) is 2.12. The number of carbonyl (C=O) groups is 2. The standard InChI is InChI=1S/C20H12O6/c21-13-4-2-10(8-16(13)24)9-1-3-11-12(7-9)20(26)18-15(23)6-5-14(22)17(18)19(11)25/h1-8,21-24H. The van der Waals surface area contributed by atoms with E-state index < -0.39 is 11.6 Å². The Labute approximate surface area is 147 Å². The third-order valence-electron chi connectivity index (χ3n) is 4.43. The second-order valence-electron chi connectivity index (χ2n) is 5.98. The van der Waals surface area contributed by atoms with Gasteiger partial charge in [0.2, 0.25) is 0 Å². The minimum absolute atomic E-state index is 0.0912. The lowest BCUT2D eigenvalue weighted by atomic mass is 9.82. The van der Waals surface area contributed by atoms with E-state index in [1.54, 1.807) is 12.1 Å². The van der Waals surface area contributed by atoms with Crippen LogP contribution in [-0.2, 0) is 0 Å². The minimum atomic E-state index is -0.576. The fraction of sp³-hybridized carbons (Fsp3) is 0. The van der Waals surface area contributed by atoms with E-state index in [1.807, 2.05) is 0 Å². The molecule has 0 fully saturated rings. The van der Waals surface area contributed by atoms with E-state index in [0.29, 0.717) is 11.1 Å². The van der Waals surface area contributed by atoms with E-state index in [2.05, 4.69) is 0 Å². The molecule has 4 N–H and O–H groups in total. The maximum atomic E-state index is 12.8. The summed E-state index contributed by atoms with van der Waals surface area (Å²) in [5, 5.41) is 39.0. The zero-order valence-corrected chi connectivity index (χ0v) is 13.2. The topological polar surface area (TPSA) is 115 Å². The average molecular weight is 348 g/mol. The smallest absolute Gasteiger partial charge is 0.198 e. The lowest BCUT2D eigenvalue weighted by Crippen LogP contribution is -2.21. The molecule has 0 amide bonds. The summed E-state index contributed by atoms with van der Waals surface area (Å²) in [6, 6.07) is 11.1. The predicted octanol–water partition coefficient (Wildman–Crippen LogP) is 2.95. The number of fused-ring (bicyclic) bond motifs is 2. The molecule has 6 heteroatoms. The molecule has 0 bridgehead atoms. The molecule has 0 saturated heterocycles. The molecule has 1 aliphatic rings. The molecule has 26 heavy (non-hydrogen) atoms. The summed E-state index contributed by atoms with van der Waals surface area (Å²) in [6.45, 7) is 0. The highest BCUT2D eigenvalue weighted by Crippen LogP contribution is 2.39. The molecule has 0 unspecified atom stereocenters. The van der Waals surface area contributed by atoms with Gasteiger partial charge in [-0.25, -0.2) is 0 Å². The Hall–Kier alpha value is -3.80. The van der Waals surface area contributed by atoms with Crippen molar-refractivity contribution < 1.29 is 30.0 Å². The summed E-state index contributed by atoms with van der Waals surface area (Å²) in [5.41, 5.74) is 0.854. The molecule has 0 aliphatic heterocycles. The molecule has 0 atom stereocenters. The molecule has 6 nitrogen and oxygen atoms in total. The molecule has 3 aromatic carbocycles.